The molecule has 78 valence electrons. The summed E-state index contributed by atoms with van der Waals surface area (Å²) < 4.78 is 91.6. The second kappa shape index (κ2) is 3.51. The van der Waals surface area contributed by atoms with Gasteiger partial charge >= 0.3 is 12.1 Å². The molecule has 0 aliphatic rings. The smallest absolute Gasteiger partial charge is 0.236 e. The zero-order valence-electron chi connectivity index (χ0n) is 5.68. The number of alkyl halides is 6. The first-order valence-corrected chi connectivity index (χ1v) is 2.70. The summed E-state index contributed by atoms with van der Waals surface area (Å²) in [7, 11) is 0. The monoisotopic (exact) mass is 214 g/mol. The summed E-state index contributed by atoms with van der Waals surface area (Å²) in [4.78, 5) is 0. The van der Waals surface area contributed by atoms with Gasteiger partial charge < -0.3 is 0 Å². The summed E-state index contributed by atoms with van der Waals surface area (Å²) in [6, 6.07) is 0. The van der Waals surface area contributed by atoms with Crippen LogP contribution in [0.25, 0.3) is 0 Å². The minimum Gasteiger partial charge on any atom is -0.236 e. The topological polar surface area (TPSA) is 0 Å². The standard InChI is InChI=1S/C5H2F8/c6-2(1-3(7)8)4(9,10)5(11,12)13/h1-2H. The molecule has 0 bridgehead atoms. The molecular formula is C5H2F8. The molecule has 0 aromatic rings. The van der Waals surface area contributed by atoms with Gasteiger partial charge in [0.25, 0.3) is 6.08 Å². The highest BCUT2D eigenvalue weighted by atomic mass is 19.4. The quantitative estimate of drug-likeness (QED) is 0.618. The second-order valence-electron chi connectivity index (χ2n) is 1.98. The molecule has 0 radical (unpaired) electrons. The maximum absolute atomic E-state index is 11.9. The lowest BCUT2D eigenvalue weighted by Crippen LogP contribution is -2.44. The molecule has 0 saturated heterocycles. The molecule has 8 heteroatoms. The molecule has 0 nitrogen and oxygen atoms in total. The van der Waals surface area contributed by atoms with E-state index >= 15 is 0 Å². The van der Waals surface area contributed by atoms with Crippen LogP contribution >= 0.6 is 0 Å². The molecule has 0 N–H and O–H groups in total. The van der Waals surface area contributed by atoms with Crippen molar-refractivity contribution in [3.63, 3.8) is 0 Å². The van der Waals surface area contributed by atoms with Crippen molar-refractivity contribution in [2.24, 2.45) is 0 Å². The van der Waals surface area contributed by atoms with Crippen LogP contribution in [-0.4, -0.2) is 18.3 Å². The zero-order chi connectivity index (χ0) is 10.9. The Bertz CT molecular complexity index is 197. The fourth-order valence-electron chi connectivity index (χ4n) is 0.372. The summed E-state index contributed by atoms with van der Waals surface area (Å²) >= 11 is 0. The number of hydrogen-bond acceptors (Lipinski definition) is 0. The highest BCUT2D eigenvalue weighted by Crippen LogP contribution is 2.40. The van der Waals surface area contributed by atoms with Crippen molar-refractivity contribution in [3.05, 3.63) is 12.2 Å². The Kier molecular flexibility index (Phi) is 3.28. The molecule has 0 aliphatic heterocycles. The first-order valence-electron chi connectivity index (χ1n) is 2.70. The van der Waals surface area contributed by atoms with Crippen molar-refractivity contribution < 1.29 is 35.1 Å². The average molecular weight is 214 g/mol. The van der Waals surface area contributed by atoms with Gasteiger partial charge in [-0.05, 0) is 0 Å². The third-order valence-corrected chi connectivity index (χ3v) is 0.997. The Morgan fingerprint density at radius 3 is 1.62 bits per heavy atom. The van der Waals surface area contributed by atoms with Crippen LogP contribution in [-0.2, 0) is 0 Å². The third-order valence-electron chi connectivity index (χ3n) is 0.997. The van der Waals surface area contributed by atoms with E-state index in [4.69, 9.17) is 0 Å². The first-order chi connectivity index (χ1) is 5.59. The fraction of sp³-hybridized carbons (Fsp3) is 0.600. The number of hydrogen-bond donors (Lipinski definition) is 0. The number of allylic oxidation sites excluding steroid dienone is 1. The van der Waals surface area contributed by atoms with E-state index in [0.717, 1.165) is 0 Å². The van der Waals surface area contributed by atoms with E-state index in [1.54, 1.807) is 0 Å². The molecule has 0 saturated carbocycles. The van der Waals surface area contributed by atoms with Crippen LogP contribution in [0.1, 0.15) is 0 Å². The first kappa shape index (κ1) is 12.2. The predicted octanol–water partition coefficient (Wildman–Crippen LogP) is 3.30. The number of rotatable bonds is 2. The van der Waals surface area contributed by atoms with Crippen LogP contribution in [0.5, 0.6) is 0 Å². The van der Waals surface area contributed by atoms with Gasteiger partial charge in [0.05, 0.1) is 0 Å². The summed E-state index contributed by atoms with van der Waals surface area (Å²) in [5.41, 5.74) is 0. The normalized spacial score (nSPS) is 15.4. The van der Waals surface area contributed by atoms with Gasteiger partial charge in [-0.2, -0.15) is 30.7 Å². The highest BCUT2D eigenvalue weighted by Gasteiger charge is 2.62. The molecule has 13 heavy (non-hydrogen) atoms. The van der Waals surface area contributed by atoms with Crippen molar-refractivity contribution in [2.75, 3.05) is 0 Å². The minimum absolute atomic E-state index is 1.09. The molecule has 0 heterocycles. The molecule has 1 unspecified atom stereocenters. The van der Waals surface area contributed by atoms with Gasteiger partial charge in [0, 0.05) is 6.08 Å². The average Bonchev–Trinajstić information content (AvgIpc) is 1.82. The van der Waals surface area contributed by atoms with Crippen LogP contribution < -0.4 is 0 Å². The third kappa shape index (κ3) is 2.85. The van der Waals surface area contributed by atoms with E-state index < -0.39 is 30.4 Å². The predicted molar refractivity (Wildman–Crippen MR) is 26.2 cm³/mol. The largest absolute Gasteiger partial charge is 0.456 e. The molecule has 0 aromatic heterocycles. The molecule has 0 aliphatic carbocycles. The van der Waals surface area contributed by atoms with Gasteiger partial charge in [-0.15, -0.1) is 0 Å². The Morgan fingerprint density at radius 1 is 1.00 bits per heavy atom. The van der Waals surface area contributed by atoms with E-state index in [-0.39, 0.29) is 0 Å². The fourth-order valence-corrected chi connectivity index (χ4v) is 0.372. The van der Waals surface area contributed by atoms with Gasteiger partial charge in [-0.1, -0.05) is 0 Å². The summed E-state index contributed by atoms with van der Waals surface area (Å²) in [6.07, 6.45) is -14.3. The lowest BCUT2D eigenvalue weighted by Gasteiger charge is -2.20. The summed E-state index contributed by atoms with van der Waals surface area (Å²) in [5, 5.41) is 0. The SMILES string of the molecule is FC(F)=CC(F)C(F)(F)C(F)(F)F. The van der Waals surface area contributed by atoms with Crippen LogP contribution in [0.4, 0.5) is 35.1 Å². The van der Waals surface area contributed by atoms with Gasteiger partial charge in [0.15, 0.2) is 6.17 Å². The number of halogens is 8. The molecule has 1 atom stereocenters. The van der Waals surface area contributed by atoms with E-state index in [1.807, 2.05) is 0 Å². The Labute approximate surface area is 66.8 Å². The van der Waals surface area contributed by atoms with E-state index in [2.05, 4.69) is 0 Å². The molecule has 0 rings (SSSR count). The molecule has 0 spiro atoms. The van der Waals surface area contributed by atoms with Crippen LogP contribution in [0.2, 0.25) is 0 Å². The Balaban J connectivity index is 4.75. The molecule has 0 fully saturated rings. The van der Waals surface area contributed by atoms with Gasteiger partial charge in [0.1, 0.15) is 0 Å². The Morgan fingerprint density at radius 2 is 1.38 bits per heavy atom. The Hall–Kier alpha value is -0.820. The van der Waals surface area contributed by atoms with Gasteiger partial charge in [0.2, 0.25) is 0 Å². The minimum atomic E-state index is -6.18. The maximum atomic E-state index is 11.9. The van der Waals surface area contributed by atoms with Crippen LogP contribution in [0, 0.1) is 0 Å². The van der Waals surface area contributed by atoms with Crippen molar-refractivity contribution in [2.45, 2.75) is 18.3 Å². The zero-order valence-corrected chi connectivity index (χ0v) is 5.68. The van der Waals surface area contributed by atoms with Crippen molar-refractivity contribution in [1.29, 1.82) is 0 Å². The van der Waals surface area contributed by atoms with Crippen molar-refractivity contribution in [1.82, 2.24) is 0 Å². The van der Waals surface area contributed by atoms with Crippen LogP contribution in [0.3, 0.4) is 0 Å². The van der Waals surface area contributed by atoms with E-state index in [1.165, 1.54) is 0 Å². The lowest BCUT2D eigenvalue weighted by atomic mass is 10.2. The molecule has 0 aromatic carbocycles. The lowest BCUT2D eigenvalue weighted by molar-refractivity contribution is -0.297. The van der Waals surface area contributed by atoms with E-state index in [0.29, 0.717) is 0 Å². The van der Waals surface area contributed by atoms with Crippen molar-refractivity contribution in [3.8, 4) is 0 Å². The molecule has 0 amide bonds. The second-order valence-corrected chi connectivity index (χ2v) is 1.98. The van der Waals surface area contributed by atoms with Crippen molar-refractivity contribution >= 4 is 0 Å². The van der Waals surface area contributed by atoms with Crippen LogP contribution in [0.15, 0.2) is 12.2 Å². The van der Waals surface area contributed by atoms with Gasteiger partial charge in [-0.25, -0.2) is 4.39 Å². The maximum Gasteiger partial charge on any atom is 0.456 e. The summed E-state index contributed by atoms with van der Waals surface area (Å²) in [5.74, 6) is -5.80. The van der Waals surface area contributed by atoms with Gasteiger partial charge in [-0.3, -0.25) is 0 Å². The summed E-state index contributed by atoms with van der Waals surface area (Å²) in [6.45, 7) is 0. The van der Waals surface area contributed by atoms with E-state index in [9.17, 15) is 35.1 Å². The highest BCUT2D eigenvalue weighted by molar-refractivity contribution is 4.99. The molecular weight excluding hydrogens is 212 g/mol.